The Morgan fingerprint density at radius 2 is 1.07 bits per heavy atom. The zero-order chi connectivity index (χ0) is 11.4. The minimum Gasteiger partial charge on any atom is -0.481 e. The fraction of sp³-hybridized carbons (Fsp3) is 0.333. The van der Waals surface area contributed by atoms with Crippen molar-refractivity contribution in [3.8, 4) is 6.07 Å². The third-order valence-corrected chi connectivity index (χ3v) is 0.0956. The normalized spacial score (nSPS) is 5.50. The molecular formula is C6H9NO6Zr. The molecule has 3 N–H and O–H groups in total. The summed E-state index contributed by atoms with van der Waals surface area (Å²) in [6.07, 6.45) is 0. The minimum atomic E-state index is -1.44. The second kappa shape index (κ2) is 17.8. The van der Waals surface area contributed by atoms with Gasteiger partial charge in [-0.1, -0.05) is 0 Å². The van der Waals surface area contributed by atoms with Crippen LogP contribution < -0.4 is 0 Å². The molecule has 14 heavy (non-hydrogen) atoms. The molecule has 0 fully saturated rings. The third-order valence-electron chi connectivity index (χ3n) is 0.0956. The molecule has 0 aliphatic rings. The van der Waals surface area contributed by atoms with Crippen LogP contribution in [-0.4, -0.2) is 33.2 Å². The Morgan fingerprint density at radius 3 is 1.07 bits per heavy atom. The Labute approximate surface area is 99.1 Å². The monoisotopic (exact) mass is 281 g/mol. The molecule has 0 spiro atoms. The van der Waals surface area contributed by atoms with E-state index < -0.39 is 17.9 Å². The van der Waals surface area contributed by atoms with Crippen molar-refractivity contribution in [1.82, 2.24) is 0 Å². The predicted molar refractivity (Wildman–Crippen MR) is 39.9 cm³/mol. The Bertz CT molecular complexity index is 201. The Balaban J connectivity index is -0.0000000522. The Morgan fingerprint density at radius 1 is 1.00 bits per heavy atom. The SMILES string of the molecule is CC(=O)O.CC(=O)O.N#CC(=O)O.[Zr]. The summed E-state index contributed by atoms with van der Waals surface area (Å²) in [5.41, 5.74) is 0. The summed E-state index contributed by atoms with van der Waals surface area (Å²) in [5, 5.41) is 29.5. The number of nitriles is 1. The van der Waals surface area contributed by atoms with Crippen molar-refractivity contribution in [2.24, 2.45) is 0 Å². The molecule has 0 aromatic rings. The molecule has 0 saturated carbocycles. The van der Waals surface area contributed by atoms with Crippen molar-refractivity contribution in [2.75, 3.05) is 0 Å². The van der Waals surface area contributed by atoms with Crippen LogP contribution in [0.3, 0.4) is 0 Å². The van der Waals surface area contributed by atoms with Crippen molar-refractivity contribution in [2.45, 2.75) is 13.8 Å². The number of carboxylic acid groups (broad SMARTS) is 3. The van der Waals surface area contributed by atoms with Gasteiger partial charge in [0.15, 0.2) is 6.07 Å². The van der Waals surface area contributed by atoms with Gasteiger partial charge in [0.25, 0.3) is 11.9 Å². The molecule has 0 saturated heterocycles. The minimum absolute atomic E-state index is 0. The molecule has 78 valence electrons. The largest absolute Gasteiger partial charge is 0.481 e. The van der Waals surface area contributed by atoms with E-state index in [2.05, 4.69) is 0 Å². The molecule has 0 rings (SSSR count). The number of aliphatic carboxylic acids is 3. The first-order chi connectivity index (χ1) is 5.73. The summed E-state index contributed by atoms with van der Waals surface area (Å²) in [6.45, 7) is 2.17. The summed E-state index contributed by atoms with van der Waals surface area (Å²) in [7, 11) is 0. The summed E-state index contributed by atoms with van der Waals surface area (Å²) < 4.78 is 0. The molecule has 0 heterocycles. The van der Waals surface area contributed by atoms with Crippen molar-refractivity contribution in [3.05, 3.63) is 0 Å². The molecule has 0 aromatic heterocycles. The second-order valence-electron chi connectivity index (χ2n) is 1.45. The molecule has 0 radical (unpaired) electrons. The second-order valence-corrected chi connectivity index (χ2v) is 1.45. The van der Waals surface area contributed by atoms with Crippen molar-refractivity contribution in [1.29, 1.82) is 5.26 Å². The number of hydrogen-bond donors (Lipinski definition) is 3. The smallest absolute Gasteiger partial charge is 0.408 e. The molecule has 0 atom stereocenters. The molecule has 0 aliphatic carbocycles. The van der Waals surface area contributed by atoms with E-state index in [0.717, 1.165) is 19.9 Å². The van der Waals surface area contributed by atoms with E-state index in [1.165, 1.54) is 0 Å². The van der Waals surface area contributed by atoms with Crippen molar-refractivity contribution < 1.29 is 55.9 Å². The van der Waals surface area contributed by atoms with Crippen LogP contribution in [0.1, 0.15) is 13.8 Å². The molecule has 0 bridgehead atoms. The van der Waals surface area contributed by atoms with E-state index in [4.69, 9.17) is 35.0 Å². The summed E-state index contributed by atoms with van der Waals surface area (Å²) in [6, 6.07) is 0.944. The van der Waals surface area contributed by atoms with Gasteiger partial charge in [0, 0.05) is 40.1 Å². The van der Waals surface area contributed by atoms with E-state index in [1.807, 2.05) is 0 Å². The topological polar surface area (TPSA) is 136 Å². The number of hydrogen-bond acceptors (Lipinski definition) is 4. The maximum Gasteiger partial charge on any atom is 0.408 e. The zero-order valence-corrected chi connectivity index (χ0v) is 9.97. The van der Waals surface area contributed by atoms with E-state index in [1.54, 1.807) is 0 Å². The average molecular weight is 282 g/mol. The van der Waals surface area contributed by atoms with Gasteiger partial charge in [0.2, 0.25) is 0 Å². The average Bonchev–Trinajstić information content (AvgIpc) is 1.84. The first kappa shape index (κ1) is 23.0. The van der Waals surface area contributed by atoms with E-state index in [0.29, 0.717) is 0 Å². The summed E-state index contributed by atoms with van der Waals surface area (Å²) >= 11 is 0. The zero-order valence-electron chi connectivity index (χ0n) is 7.51. The molecule has 0 unspecified atom stereocenters. The van der Waals surface area contributed by atoms with Crippen LogP contribution >= 0.6 is 0 Å². The van der Waals surface area contributed by atoms with Gasteiger partial charge < -0.3 is 15.3 Å². The van der Waals surface area contributed by atoms with Gasteiger partial charge in [-0.05, 0) is 0 Å². The number of carboxylic acids is 3. The summed E-state index contributed by atoms with van der Waals surface area (Å²) in [5.74, 6) is -3.11. The number of rotatable bonds is 0. The molecule has 0 amide bonds. The maximum absolute atomic E-state index is 9.01. The number of carbonyl (C=O) groups is 3. The van der Waals surface area contributed by atoms with E-state index in [-0.39, 0.29) is 26.2 Å². The quantitative estimate of drug-likeness (QED) is 0.412. The van der Waals surface area contributed by atoms with Gasteiger partial charge in [-0.15, -0.1) is 0 Å². The van der Waals surface area contributed by atoms with Crippen LogP contribution in [0.25, 0.3) is 0 Å². The number of nitrogens with zero attached hydrogens (tertiary/aromatic N) is 1. The Hall–Kier alpha value is -1.22. The van der Waals surface area contributed by atoms with Crippen LogP contribution in [0.2, 0.25) is 0 Å². The first-order valence-corrected chi connectivity index (χ1v) is 2.76. The fourth-order valence-corrected chi connectivity index (χ4v) is 0. The first-order valence-electron chi connectivity index (χ1n) is 2.76. The van der Waals surface area contributed by atoms with E-state index in [9.17, 15) is 0 Å². The van der Waals surface area contributed by atoms with Crippen molar-refractivity contribution >= 4 is 17.9 Å². The third kappa shape index (κ3) is 1680. The molecular weight excluding hydrogens is 273 g/mol. The standard InChI is InChI=1S/C2HNO2.2C2H4O2.Zr/c3-1-2(4)5;2*1-2(3)4;/h(H,4,5);2*1H3,(H,3,4);. The van der Waals surface area contributed by atoms with E-state index >= 15 is 0 Å². The summed E-state index contributed by atoms with van der Waals surface area (Å²) in [4.78, 5) is 27.0. The van der Waals surface area contributed by atoms with Gasteiger partial charge in [-0.3, -0.25) is 9.59 Å². The molecule has 8 heteroatoms. The molecule has 0 aliphatic heterocycles. The predicted octanol–water partition coefficient (Wildman–Crippen LogP) is -0.226. The van der Waals surface area contributed by atoms with Crippen LogP contribution in [0, 0.1) is 11.3 Å². The van der Waals surface area contributed by atoms with Crippen LogP contribution in [0.4, 0.5) is 0 Å². The van der Waals surface area contributed by atoms with Crippen molar-refractivity contribution in [3.63, 3.8) is 0 Å². The Kier molecular flexibility index (Phi) is 29.2. The van der Waals surface area contributed by atoms with Gasteiger partial charge in [-0.2, -0.15) is 5.26 Å². The van der Waals surface area contributed by atoms with Crippen LogP contribution in [0.15, 0.2) is 0 Å². The fourth-order valence-electron chi connectivity index (χ4n) is 0. The maximum atomic E-state index is 9.01. The van der Waals surface area contributed by atoms with Gasteiger partial charge in [0.1, 0.15) is 0 Å². The van der Waals surface area contributed by atoms with Crippen LogP contribution in [-0.2, 0) is 40.6 Å². The van der Waals surface area contributed by atoms with Crippen LogP contribution in [0.5, 0.6) is 0 Å². The van der Waals surface area contributed by atoms with Gasteiger partial charge in [0.05, 0.1) is 0 Å². The van der Waals surface area contributed by atoms with Gasteiger partial charge >= 0.3 is 5.97 Å². The molecule has 7 nitrogen and oxygen atoms in total. The molecule has 0 aromatic carbocycles. The van der Waals surface area contributed by atoms with Gasteiger partial charge in [-0.25, -0.2) is 4.79 Å².